The van der Waals surface area contributed by atoms with Crippen LogP contribution in [0.2, 0.25) is 0 Å². The third-order valence-corrected chi connectivity index (χ3v) is 5.22. The van der Waals surface area contributed by atoms with Crippen LogP contribution in [0.5, 0.6) is 0 Å². The van der Waals surface area contributed by atoms with Crippen LogP contribution in [0.4, 0.5) is 11.6 Å². The lowest BCUT2D eigenvalue weighted by Crippen LogP contribution is -2.20. The predicted molar refractivity (Wildman–Crippen MR) is 110 cm³/mol. The van der Waals surface area contributed by atoms with Crippen LogP contribution >= 0.6 is 11.7 Å². The Bertz CT molecular complexity index is 1380. The second kappa shape index (κ2) is 6.24. The van der Waals surface area contributed by atoms with Gasteiger partial charge in [0.25, 0.3) is 0 Å². The van der Waals surface area contributed by atoms with Crippen molar-refractivity contribution in [2.75, 3.05) is 5.32 Å². The van der Waals surface area contributed by atoms with E-state index in [2.05, 4.69) is 24.0 Å². The molecule has 0 atom stereocenters. The smallest absolute Gasteiger partial charge is 0.324 e. The van der Waals surface area contributed by atoms with E-state index in [1.54, 1.807) is 22.4 Å². The van der Waals surface area contributed by atoms with Crippen LogP contribution in [0.25, 0.3) is 27.9 Å². The van der Waals surface area contributed by atoms with Crippen molar-refractivity contribution in [1.29, 1.82) is 0 Å². The zero-order valence-electron chi connectivity index (χ0n) is 15.1. The normalized spacial score (nSPS) is 11.4. The van der Waals surface area contributed by atoms with Crippen molar-refractivity contribution >= 4 is 45.6 Å². The van der Waals surface area contributed by atoms with Crippen molar-refractivity contribution in [3.63, 3.8) is 0 Å². The molecule has 5 rings (SSSR count). The molecule has 1 N–H and O–H groups in total. The summed E-state index contributed by atoms with van der Waals surface area (Å²) in [5, 5.41) is 3.24. The number of anilines is 2. The van der Waals surface area contributed by atoms with E-state index in [1.807, 2.05) is 49.4 Å². The van der Waals surface area contributed by atoms with Crippen molar-refractivity contribution in [3.8, 4) is 5.69 Å². The van der Waals surface area contributed by atoms with E-state index in [1.165, 1.54) is 11.7 Å². The van der Waals surface area contributed by atoms with Gasteiger partial charge in [-0.15, -0.1) is 0 Å². The van der Waals surface area contributed by atoms with Gasteiger partial charge in [-0.3, -0.25) is 4.57 Å². The first-order chi connectivity index (χ1) is 13.6. The third kappa shape index (κ3) is 2.55. The lowest BCUT2D eigenvalue weighted by molar-refractivity contribution is 0.844. The Balaban J connectivity index is 1.65. The van der Waals surface area contributed by atoms with E-state index in [0.29, 0.717) is 17.1 Å². The topological polar surface area (TPSA) is 90.5 Å². The Morgan fingerprint density at radius 3 is 2.61 bits per heavy atom. The number of aromatic nitrogens is 6. The average Bonchev–Trinajstić information content (AvgIpc) is 3.25. The Hall–Kier alpha value is -3.59. The fraction of sp³-hybridized carbons (Fsp3) is 0.105. The molecule has 0 unspecified atom stereocenters. The molecule has 3 heterocycles. The van der Waals surface area contributed by atoms with Crippen LogP contribution in [0.3, 0.4) is 0 Å². The molecule has 2 aromatic carbocycles. The minimum absolute atomic E-state index is 0.168. The molecule has 28 heavy (non-hydrogen) atoms. The van der Waals surface area contributed by atoms with Gasteiger partial charge in [0.2, 0.25) is 5.95 Å². The summed E-state index contributed by atoms with van der Waals surface area (Å²) in [6.07, 6.45) is 1.66. The van der Waals surface area contributed by atoms with Crippen LogP contribution in [-0.2, 0) is 7.05 Å². The number of imidazole rings is 1. The maximum atomic E-state index is 12.8. The summed E-state index contributed by atoms with van der Waals surface area (Å²) in [7, 11) is 1.72. The molecule has 3 aromatic heterocycles. The Labute approximate surface area is 163 Å². The van der Waals surface area contributed by atoms with E-state index in [0.717, 1.165) is 28.0 Å². The van der Waals surface area contributed by atoms with Gasteiger partial charge in [-0.1, -0.05) is 18.2 Å². The number of nitrogens with one attached hydrogen (secondary N) is 1. The van der Waals surface area contributed by atoms with Gasteiger partial charge >= 0.3 is 5.69 Å². The molecule has 9 heteroatoms. The third-order valence-electron chi connectivity index (χ3n) is 4.66. The minimum Gasteiger partial charge on any atom is -0.324 e. The van der Waals surface area contributed by atoms with Gasteiger partial charge < -0.3 is 5.32 Å². The van der Waals surface area contributed by atoms with Gasteiger partial charge in [0.1, 0.15) is 16.6 Å². The van der Waals surface area contributed by atoms with Gasteiger partial charge in [0.15, 0.2) is 5.65 Å². The molecule has 0 spiro atoms. The molecule has 0 saturated heterocycles. The molecule has 0 saturated carbocycles. The second-order valence-electron chi connectivity index (χ2n) is 6.46. The van der Waals surface area contributed by atoms with E-state index in [9.17, 15) is 4.79 Å². The predicted octanol–water partition coefficient (Wildman–Crippen LogP) is 3.18. The molecule has 5 aromatic rings. The fourth-order valence-electron chi connectivity index (χ4n) is 3.17. The lowest BCUT2D eigenvalue weighted by Gasteiger charge is -2.08. The molecule has 0 bridgehead atoms. The van der Waals surface area contributed by atoms with Gasteiger partial charge in [-0.05, 0) is 36.8 Å². The van der Waals surface area contributed by atoms with Crippen LogP contribution < -0.4 is 11.0 Å². The molecular formula is C19H15N7OS. The quantitative estimate of drug-likeness (QED) is 0.510. The van der Waals surface area contributed by atoms with Gasteiger partial charge in [-0.2, -0.15) is 13.7 Å². The number of benzene rings is 2. The van der Waals surface area contributed by atoms with Gasteiger partial charge in [0, 0.05) is 12.7 Å². The summed E-state index contributed by atoms with van der Waals surface area (Å²) >= 11 is 1.18. The van der Waals surface area contributed by atoms with E-state index >= 15 is 0 Å². The fourth-order valence-corrected chi connectivity index (χ4v) is 3.68. The highest BCUT2D eigenvalue weighted by Gasteiger charge is 2.15. The average molecular weight is 389 g/mol. The molecule has 0 aliphatic heterocycles. The SMILES string of the molecule is Cc1cc2nsnc2cc1Nc1ncc2c(n1)n(-c1ccccc1)c(=O)n2C. The molecular weight excluding hydrogens is 374 g/mol. The standard InChI is InChI=1S/C19H15N7OS/c1-11-8-14-15(24-28-23-14)9-13(11)21-18-20-10-16-17(22-18)26(19(27)25(16)2)12-6-4-3-5-7-12/h3-10H,1-2H3,(H,20,21,22). The number of rotatable bonds is 3. The lowest BCUT2D eigenvalue weighted by atomic mass is 10.2. The van der Waals surface area contributed by atoms with Crippen molar-refractivity contribution in [3.05, 3.63) is 64.7 Å². The van der Waals surface area contributed by atoms with Crippen LogP contribution in [-0.4, -0.2) is 27.8 Å². The van der Waals surface area contributed by atoms with Crippen molar-refractivity contribution in [2.24, 2.45) is 7.05 Å². The highest BCUT2D eigenvalue weighted by Crippen LogP contribution is 2.25. The van der Waals surface area contributed by atoms with Crippen LogP contribution in [0.15, 0.2) is 53.5 Å². The first-order valence-electron chi connectivity index (χ1n) is 8.61. The van der Waals surface area contributed by atoms with Crippen molar-refractivity contribution < 1.29 is 0 Å². The van der Waals surface area contributed by atoms with Crippen molar-refractivity contribution in [2.45, 2.75) is 6.92 Å². The molecule has 0 fully saturated rings. The maximum absolute atomic E-state index is 12.8. The van der Waals surface area contributed by atoms with E-state index in [-0.39, 0.29) is 5.69 Å². The summed E-state index contributed by atoms with van der Waals surface area (Å²) in [4.78, 5) is 21.8. The van der Waals surface area contributed by atoms with Crippen LogP contribution in [0.1, 0.15) is 5.56 Å². The minimum atomic E-state index is -0.168. The Morgan fingerprint density at radius 1 is 1.07 bits per heavy atom. The first-order valence-corrected chi connectivity index (χ1v) is 9.35. The molecule has 8 nitrogen and oxygen atoms in total. The highest BCUT2D eigenvalue weighted by atomic mass is 32.1. The number of fused-ring (bicyclic) bond motifs is 2. The maximum Gasteiger partial charge on any atom is 0.334 e. The Morgan fingerprint density at radius 2 is 1.82 bits per heavy atom. The monoisotopic (exact) mass is 389 g/mol. The Kier molecular flexibility index (Phi) is 3.69. The summed E-state index contributed by atoms with van der Waals surface area (Å²) in [5.41, 5.74) is 5.35. The van der Waals surface area contributed by atoms with Gasteiger partial charge in [0.05, 0.1) is 23.6 Å². The number of aryl methyl sites for hydroxylation is 2. The zero-order valence-corrected chi connectivity index (χ0v) is 15.9. The largest absolute Gasteiger partial charge is 0.334 e. The highest BCUT2D eigenvalue weighted by molar-refractivity contribution is 7.00. The summed E-state index contributed by atoms with van der Waals surface area (Å²) < 4.78 is 11.7. The summed E-state index contributed by atoms with van der Waals surface area (Å²) in [5.74, 6) is 0.411. The van der Waals surface area contributed by atoms with Crippen LogP contribution in [0, 0.1) is 6.92 Å². The first kappa shape index (κ1) is 16.6. The summed E-state index contributed by atoms with van der Waals surface area (Å²) in [6, 6.07) is 13.3. The molecule has 138 valence electrons. The summed E-state index contributed by atoms with van der Waals surface area (Å²) in [6.45, 7) is 1.99. The number of hydrogen-bond acceptors (Lipinski definition) is 7. The van der Waals surface area contributed by atoms with E-state index < -0.39 is 0 Å². The number of hydrogen-bond donors (Lipinski definition) is 1. The molecule has 0 aliphatic rings. The number of para-hydroxylation sites is 1. The number of nitrogens with zero attached hydrogens (tertiary/aromatic N) is 6. The van der Waals surface area contributed by atoms with Gasteiger partial charge in [-0.25, -0.2) is 14.3 Å². The zero-order chi connectivity index (χ0) is 19.3. The molecule has 0 radical (unpaired) electrons. The van der Waals surface area contributed by atoms with E-state index in [4.69, 9.17) is 0 Å². The van der Waals surface area contributed by atoms with Crippen molar-refractivity contribution in [1.82, 2.24) is 27.8 Å². The molecule has 0 aliphatic carbocycles. The second-order valence-corrected chi connectivity index (χ2v) is 6.99. The molecule has 0 amide bonds.